The summed E-state index contributed by atoms with van der Waals surface area (Å²) in [4.78, 5) is 8.86. The quantitative estimate of drug-likeness (QED) is 0.225. The number of pyridine rings is 2. The summed E-state index contributed by atoms with van der Waals surface area (Å²) in [7, 11) is 0. The highest BCUT2D eigenvalue weighted by atomic mass is 16.3. The molecule has 7 N–H and O–H groups in total. The van der Waals surface area contributed by atoms with Gasteiger partial charge in [-0.2, -0.15) is 0 Å². The van der Waals surface area contributed by atoms with E-state index in [9.17, 15) is 5.11 Å². The molecule has 0 aliphatic heterocycles. The summed E-state index contributed by atoms with van der Waals surface area (Å²) in [6, 6.07) is 13.3. The number of nitrogens with two attached hydrogens (primary N) is 2. The van der Waals surface area contributed by atoms with Gasteiger partial charge in [0.1, 0.15) is 0 Å². The number of nitrogens with one attached hydrogen (secondary N) is 2. The lowest BCUT2D eigenvalue weighted by molar-refractivity contribution is 0.196. The molecule has 8 nitrogen and oxygen atoms in total. The van der Waals surface area contributed by atoms with Crippen molar-refractivity contribution in [1.82, 2.24) is 15.3 Å². The summed E-state index contributed by atoms with van der Waals surface area (Å²) in [5.74, 6) is 6.70. The average molecular weight is 391 g/mol. The Hall–Kier alpha value is -3.49. The van der Waals surface area contributed by atoms with Crippen molar-refractivity contribution in [2.45, 2.75) is 19.6 Å². The maximum absolute atomic E-state index is 9.36. The van der Waals surface area contributed by atoms with Gasteiger partial charge in [-0.3, -0.25) is 9.99 Å². The third kappa shape index (κ3) is 5.07. The number of hydrazine groups is 1. The van der Waals surface area contributed by atoms with Gasteiger partial charge in [-0.1, -0.05) is 12.1 Å². The molecule has 2 aromatic heterocycles. The minimum atomic E-state index is -0.496. The average Bonchev–Trinajstić information content (AvgIpc) is 2.71. The molecule has 0 saturated heterocycles. The molecular weight excluding hydrogens is 366 g/mol. The van der Waals surface area contributed by atoms with E-state index in [0.29, 0.717) is 35.9 Å². The van der Waals surface area contributed by atoms with Crippen molar-refractivity contribution in [3.05, 3.63) is 66.1 Å². The number of nitrogen functional groups attached to an aromatic ring is 1. The minimum Gasteiger partial charge on any atom is -0.396 e. The fourth-order valence-corrected chi connectivity index (χ4v) is 2.87. The van der Waals surface area contributed by atoms with Gasteiger partial charge in [0.05, 0.1) is 29.5 Å². The minimum absolute atomic E-state index is 0.374. The van der Waals surface area contributed by atoms with Gasteiger partial charge in [0.15, 0.2) is 5.82 Å². The zero-order valence-corrected chi connectivity index (χ0v) is 16.2. The normalized spacial score (nSPS) is 12.6. The number of hydrogen-bond donors (Lipinski definition) is 5. The lowest BCUT2D eigenvalue weighted by atomic mass is 10.1. The standard InChI is InChI=1S/C21H25N7O/c1-14(29)11-25-12-17(10-22)20-7-5-18(23)21(27-20)28(24)13-15-4-6-19-16(9-15)3-2-8-26-19/h2-10,12,14,22,25,29H,11,13,23-24H2,1H3/b17-12+,22-10?. The Labute approximate surface area is 169 Å². The first-order valence-corrected chi connectivity index (χ1v) is 9.23. The number of anilines is 2. The Kier molecular flexibility index (Phi) is 6.38. The molecule has 0 fully saturated rings. The van der Waals surface area contributed by atoms with Crippen LogP contribution in [0.4, 0.5) is 11.5 Å². The van der Waals surface area contributed by atoms with E-state index in [-0.39, 0.29) is 0 Å². The first-order chi connectivity index (χ1) is 14.0. The third-order valence-corrected chi connectivity index (χ3v) is 4.32. The smallest absolute Gasteiger partial charge is 0.166 e. The summed E-state index contributed by atoms with van der Waals surface area (Å²) >= 11 is 0. The molecule has 150 valence electrons. The Morgan fingerprint density at radius 1 is 1.31 bits per heavy atom. The van der Waals surface area contributed by atoms with Crippen molar-refractivity contribution in [2.24, 2.45) is 5.84 Å². The summed E-state index contributed by atoms with van der Waals surface area (Å²) in [5, 5.41) is 22.5. The Morgan fingerprint density at radius 3 is 2.90 bits per heavy atom. The molecule has 3 aromatic rings. The van der Waals surface area contributed by atoms with Gasteiger partial charge in [0.2, 0.25) is 0 Å². The second kappa shape index (κ2) is 9.13. The van der Waals surface area contributed by atoms with E-state index >= 15 is 0 Å². The second-order valence-corrected chi connectivity index (χ2v) is 6.77. The van der Waals surface area contributed by atoms with Crippen LogP contribution in [0.15, 0.2) is 54.9 Å². The molecule has 1 aromatic carbocycles. The molecule has 29 heavy (non-hydrogen) atoms. The van der Waals surface area contributed by atoms with E-state index in [4.69, 9.17) is 17.0 Å². The van der Waals surface area contributed by atoms with Crippen LogP contribution in [0.5, 0.6) is 0 Å². The van der Waals surface area contributed by atoms with Gasteiger partial charge in [0.25, 0.3) is 0 Å². The molecule has 0 saturated carbocycles. The van der Waals surface area contributed by atoms with Gasteiger partial charge in [-0.05, 0) is 42.8 Å². The first-order valence-electron chi connectivity index (χ1n) is 9.23. The monoisotopic (exact) mass is 391 g/mol. The molecular formula is C21H25N7O. The molecule has 0 bridgehead atoms. The van der Waals surface area contributed by atoms with Gasteiger partial charge < -0.3 is 21.6 Å². The zero-order valence-electron chi connectivity index (χ0n) is 16.2. The highest BCUT2D eigenvalue weighted by Crippen LogP contribution is 2.23. The highest BCUT2D eigenvalue weighted by molar-refractivity contribution is 6.07. The predicted octanol–water partition coefficient (Wildman–Crippen LogP) is 2.05. The molecule has 0 radical (unpaired) electrons. The van der Waals surface area contributed by atoms with Crippen LogP contribution in [-0.4, -0.2) is 33.9 Å². The van der Waals surface area contributed by atoms with Crippen molar-refractivity contribution in [1.29, 1.82) is 5.41 Å². The van der Waals surface area contributed by atoms with Crippen LogP contribution in [0, 0.1) is 5.41 Å². The molecule has 0 aliphatic rings. The molecule has 0 aliphatic carbocycles. The Balaban J connectivity index is 1.83. The van der Waals surface area contributed by atoms with Gasteiger partial charge in [0, 0.05) is 36.1 Å². The van der Waals surface area contributed by atoms with E-state index in [1.54, 1.807) is 31.5 Å². The summed E-state index contributed by atoms with van der Waals surface area (Å²) < 4.78 is 0. The maximum Gasteiger partial charge on any atom is 0.166 e. The predicted molar refractivity (Wildman–Crippen MR) is 117 cm³/mol. The topological polar surface area (TPSA) is 137 Å². The molecule has 3 rings (SSSR count). The van der Waals surface area contributed by atoms with Crippen LogP contribution in [-0.2, 0) is 6.54 Å². The Morgan fingerprint density at radius 2 is 2.14 bits per heavy atom. The van der Waals surface area contributed by atoms with Gasteiger partial charge in [-0.25, -0.2) is 10.8 Å². The molecule has 2 heterocycles. The number of benzene rings is 1. The van der Waals surface area contributed by atoms with Crippen LogP contribution < -0.4 is 21.9 Å². The SMILES string of the molecule is CC(O)CN/C=C(\C=N)c1ccc(N)c(N(N)Cc2ccc3ncccc3c2)n1. The number of hydrogen-bond acceptors (Lipinski definition) is 8. The number of aliphatic hydroxyl groups excluding tert-OH is 1. The van der Waals surface area contributed by atoms with Gasteiger partial charge >= 0.3 is 0 Å². The number of nitrogens with zero attached hydrogens (tertiary/aromatic N) is 3. The van der Waals surface area contributed by atoms with Crippen molar-refractivity contribution < 1.29 is 5.11 Å². The molecule has 1 atom stereocenters. The Bertz CT molecular complexity index is 1030. The van der Waals surface area contributed by atoms with Crippen LogP contribution >= 0.6 is 0 Å². The van der Waals surface area contributed by atoms with E-state index in [2.05, 4.69) is 15.3 Å². The summed E-state index contributed by atoms with van der Waals surface area (Å²) in [5.41, 5.74) is 9.57. The highest BCUT2D eigenvalue weighted by Gasteiger charge is 2.12. The van der Waals surface area contributed by atoms with Crippen LogP contribution in [0.25, 0.3) is 16.5 Å². The number of aromatic nitrogens is 2. The van der Waals surface area contributed by atoms with Crippen molar-refractivity contribution in [3.63, 3.8) is 0 Å². The molecule has 8 heteroatoms. The lowest BCUT2D eigenvalue weighted by Gasteiger charge is -2.20. The summed E-state index contributed by atoms with van der Waals surface area (Å²) in [6.45, 7) is 2.47. The fourth-order valence-electron chi connectivity index (χ4n) is 2.87. The number of fused-ring (bicyclic) bond motifs is 1. The van der Waals surface area contributed by atoms with Crippen molar-refractivity contribution >= 4 is 34.2 Å². The first kappa shape index (κ1) is 20.2. The zero-order chi connectivity index (χ0) is 20.8. The van der Waals surface area contributed by atoms with Crippen LogP contribution in [0.1, 0.15) is 18.2 Å². The third-order valence-electron chi connectivity index (χ3n) is 4.32. The number of allylic oxidation sites excluding steroid dienone is 1. The van der Waals surface area contributed by atoms with E-state index < -0.39 is 6.10 Å². The molecule has 0 spiro atoms. The molecule has 1 unspecified atom stereocenters. The number of aliphatic hydroxyl groups is 1. The molecule has 0 amide bonds. The van der Waals surface area contributed by atoms with Crippen LogP contribution in [0.3, 0.4) is 0 Å². The van der Waals surface area contributed by atoms with Crippen LogP contribution in [0.2, 0.25) is 0 Å². The van der Waals surface area contributed by atoms with Crippen molar-refractivity contribution in [3.8, 4) is 0 Å². The summed E-state index contributed by atoms with van der Waals surface area (Å²) in [6.07, 6.45) is 4.09. The number of rotatable bonds is 8. The fraction of sp³-hybridized carbons (Fsp3) is 0.190. The van der Waals surface area contributed by atoms with Gasteiger partial charge in [-0.15, -0.1) is 0 Å². The van der Waals surface area contributed by atoms with Crippen molar-refractivity contribution in [2.75, 3.05) is 17.3 Å². The largest absolute Gasteiger partial charge is 0.396 e. The second-order valence-electron chi connectivity index (χ2n) is 6.77. The maximum atomic E-state index is 9.36. The van der Waals surface area contributed by atoms with E-state index in [1.165, 1.54) is 11.2 Å². The van der Waals surface area contributed by atoms with E-state index in [0.717, 1.165) is 16.5 Å². The van der Waals surface area contributed by atoms with E-state index in [1.807, 2.05) is 30.3 Å². The lowest BCUT2D eigenvalue weighted by Crippen LogP contribution is -2.32.